The topological polar surface area (TPSA) is 108 Å². The van der Waals surface area contributed by atoms with E-state index >= 15 is 0 Å². The number of nitro groups is 1. The molecule has 1 aromatic rings. The van der Waals surface area contributed by atoms with Gasteiger partial charge >= 0.3 is 0 Å². The van der Waals surface area contributed by atoms with Crippen LogP contribution in [0.3, 0.4) is 0 Å². The van der Waals surface area contributed by atoms with Crippen LogP contribution in [0.25, 0.3) is 0 Å². The van der Waals surface area contributed by atoms with Crippen molar-refractivity contribution in [1.82, 2.24) is 4.90 Å². The quantitative estimate of drug-likeness (QED) is 0.357. The van der Waals surface area contributed by atoms with Gasteiger partial charge in [-0.3, -0.25) is 14.9 Å². The van der Waals surface area contributed by atoms with E-state index < -0.39 is 16.3 Å². The Morgan fingerprint density at radius 2 is 1.91 bits per heavy atom. The number of ether oxygens (including phenoxy) is 2. The van der Waals surface area contributed by atoms with E-state index in [1.807, 2.05) is 0 Å². The van der Waals surface area contributed by atoms with Crippen LogP contribution in [0.2, 0.25) is 0 Å². The average molecular weight is 361 g/mol. The Labute approximate surface area is 145 Å². The first-order valence-corrected chi connectivity index (χ1v) is 7.15. The Bertz CT molecular complexity index is 533. The van der Waals surface area contributed by atoms with E-state index in [4.69, 9.17) is 26.5 Å². The highest BCUT2D eigenvalue weighted by atomic mass is 32.1. The molecular formula is C13H19N3O5S2. The first kappa shape index (κ1) is 20.9. The fourth-order valence-corrected chi connectivity index (χ4v) is 1.51. The number of benzene rings is 1. The number of thiol groups is 1. The summed E-state index contributed by atoms with van der Waals surface area (Å²) in [5, 5.41) is 10.3. The third-order valence-electron chi connectivity index (χ3n) is 2.41. The van der Waals surface area contributed by atoms with Crippen LogP contribution in [0.15, 0.2) is 24.3 Å². The van der Waals surface area contributed by atoms with Crippen LogP contribution >= 0.6 is 24.8 Å². The van der Waals surface area contributed by atoms with Crippen LogP contribution in [-0.2, 0) is 4.74 Å². The molecule has 0 aromatic heterocycles. The van der Waals surface area contributed by atoms with Gasteiger partial charge in [-0.05, 0) is 29.9 Å². The van der Waals surface area contributed by atoms with Crippen molar-refractivity contribution >= 4 is 35.3 Å². The summed E-state index contributed by atoms with van der Waals surface area (Å²) < 4.78 is 10.5. The van der Waals surface area contributed by atoms with Gasteiger partial charge in [-0.15, -0.1) is 0 Å². The number of carbonyl (C=O) groups is 1. The Morgan fingerprint density at radius 3 is 2.26 bits per heavy atom. The first-order valence-electron chi connectivity index (χ1n) is 6.29. The number of hydrogen-bond acceptors (Lipinski definition) is 6. The van der Waals surface area contributed by atoms with Crippen LogP contribution in [0.1, 0.15) is 11.7 Å². The average Bonchev–Trinajstić information content (AvgIpc) is 2.45. The molecule has 1 unspecified atom stereocenters. The van der Waals surface area contributed by atoms with Gasteiger partial charge in [0.05, 0.1) is 7.11 Å². The van der Waals surface area contributed by atoms with Crippen molar-refractivity contribution in [1.29, 1.82) is 0 Å². The van der Waals surface area contributed by atoms with Gasteiger partial charge in [0.2, 0.25) is 6.54 Å². The lowest BCUT2D eigenvalue weighted by Gasteiger charge is -2.20. The van der Waals surface area contributed by atoms with Crippen molar-refractivity contribution in [3.63, 3.8) is 0 Å². The molecule has 1 aromatic carbocycles. The summed E-state index contributed by atoms with van der Waals surface area (Å²) in [6.07, 6.45) is -0.712. The molecule has 128 valence electrons. The smallest absolute Gasteiger partial charge is 0.273 e. The predicted molar refractivity (Wildman–Crippen MR) is 93.5 cm³/mol. The number of nitrogens with two attached hydrogens (primary N) is 1. The molecule has 1 atom stereocenters. The van der Waals surface area contributed by atoms with Crippen molar-refractivity contribution < 1.29 is 19.2 Å². The molecular weight excluding hydrogens is 342 g/mol. The Kier molecular flexibility index (Phi) is 9.67. The van der Waals surface area contributed by atoms with Crippen molar-refractivity contribution in [3.05, 3.63) is 39.9 Å². The summed E-state index contributed by atoms with van der Waals surface area (Å²) in [5.41, 5.74) is 5.02. The van der Waals surface area contributed by atoms with Crippen molar-refractivity contribution in [2.75, 3.05) is 27.7 Å². The summed E-state index contributed by atoms with van der Waals surface area (Å²) >= 11 is 8.12. The molecule has 0 spiro atoms. The monoisotopic (exact) mass is 361 g/mol. The molecule has 0 radical (unpaired) electrons. The van der Waals surface area contributed by atoms with Crippen molar-refractivity contribution in [3.8, 4) is 5.75 Å². The van der Waals surface area contributed by atoms with E-state index in [9.17, 15) is 10.1 Å². The van der Waals surface area contributed by atoms with Gasteiger partial charge in [-0.2, -0.15) is 0 Å². The first-order chi connectivity index (χ1) is 10.7. The summed E-state index contributed by atoms with van der Waals surface area (Å²) in [6.45, 7) is -0.347. The van der Waals surface area contributed by atoms with Gasteiger partial charge in [0.15, 0.2) is 6.10 Å². The van der Waals surface area contributed by atoms with Crippen molar-refractivity contribution in [2.24, 2.45) is 5.73 Å². The fourth-order valence-electron chi connectivity index (χ4n) is 1.39. The number of nitrogens with zero attached hydrogens (tertiary/aromatic N) is 2. The maximum atomic E-state index is 10.7. The number of rotatable bonds is 5. The second-order valence-corrected chi connectivity index (χ2v) is 5.18. The molecule has 0 aliphatic heterocycles. The van der Waals surface area contributed by atoms with E-state index in [2.05, 4.69) is 18.4 Å². The molecule has 0 saturated carbocycles. The second kappa shape index (κ2) is 10.6. The van der Waals surface area contributed by atoms with Crippen LogP contribution in [0, 0.1) is 10.1 Å². The molecule has 0 aliphatic carbocycles. The normalized spacial score (nSPS) is 10.6. The molecule has 1 amide bonds. The number of methoxy groups -OCH3 is 1. The zero-order valence-corrected chi connectivity index (χ0v) is 14.7. The zero-order chi connectivity index (χ0) is 18.0. The highest BCUT2D eigenvalue weighted by molar-refractivity contribution is 7.96. The van der Waals surface area contributed by atoms with E-state index in [1.54, 1.807) is 50.4 Å². The Morgan fingerprint density at radius 1 is 1.43 bits per heavy atom. The Balaban J connectivity index is 0.00000108. The van der Waals surface area contributed by atoms with Gasteiger partial charge in [-0.25, -0.2) is 0 Å². The molecule has 8 nitrogen and oxygen atoms in total. The summed E-state index contributed by atoms with van der Waals surface area (Å²) in [7, 11) is 5.00. The molecule has 2 N–H and O–H groups in total. The van der Waals surface area contributed by atoms with Crippen LogP contribution in [-0.4, -0.2) is 48.0 Å². The van der Waals surface area contributed by atoms with Gasteiger partial charge in [0, 0.05) is 19.0 Å². The summed E-state index contributed by atoms with van der Waals surface area (Å²) in [6, 6.07) is 6.91. The molecule has 0 aliphatic rings. The lowest BCUT2D eigenvalue weighted by molar-refractivity contribution is -0.490. The fraction of sp³-hybridized carbons (Fsp3) is 0.385. The summed E-state index contributed by atoms with van der Waals surface area (Å²) in [5.74, 6) is 0.679. The van der Waals surface area contributed by atoms with Crippen LogP contribution in [0.5, 0.6) is 5.75 Å². The third-order valence-corrected chi connectivity index (χ3v) is 2.87. The number of hydrogen-bond donors (Lipinski definition) is 2. The predicted octanol–water partition coefficient (Wildman–Crippen LogP) is 1.87. The van der Waals surface area contributed by atoms with Crippen LogP contribution < -0.4 is 10.5 Å². The molecule has 1 rings (SSSR count). The minimum Gasteiger partial charge on any atom is -0.497 e. The molecule has 0 fully saturated rings. The van der Waals surface area contributed by atoms with Crippen molar-refractivity contribution in [2.45, 2.75) is 6.10 Å². The third kappa shape index (κ3) is 9.53. The summed E-state index contributed by atoms with van der Waals surface area (Å²) in [4.78, 5) is 21.0. The molecule has 10 heteroatoms. The molecule has 0 saturated heterocycles. The lowest BCUT2D eigenvalue weighted by atomic mass is 10.1. The van der Waals surface area contributed by atoms with Gasteiger partial charge in [-0.1, -0.05) is 24.8 Å². The highest BCUT2D eigenvalue weighted by Crippen LogP contribution is 2.21. The molecule has 0 heterocycles. The SMILES string of the molecule is COc1ccc(C(C[N+](=O)[O-])OC(=S)N(C)C)cc1.NC(=O)S. The molecule has 0 bridgehead atoms. The maximum Gasteiger partial charge on any atom is 0.273 e. The van der Waals surface area contributed by atoms with E-state index in [0.717, 1.165) is 0 Å². The standard InChI is InChI=1S/C12H16N2O4S.CH3NOS/c1-13(2)12(19)18-11(8-14(15)16)9-4-6-10(17-3)7-5-9;2-1(3)4/h4-7,11H,8H2,1-3H3;(H3,2,3,4). The van der Waals surface area contributed by atoms with Gasteiger partial charge in [0.25, 0.3) is 10.4 Å². The van der Waals surface area contributed by atoms with E-state index in [1.165, 1.54) is 0 Å². The number of primary amides is 1. The minimum absolute atomic E-state index is 0.211. The second-order valence-electron chi connectivity index (χ2n) is 4.39. The number of carbonyl (C=O) groups excluding carboxylic acids is 1. The largest absolute Gasteiger partial charge is 0.497 e. The lowest BCUT2D eigenvalue weighted by Crippen LogP contribution is -2.27. The highest BCUT2D eigenvalue weighted by Gasteiger charge is 2.21. The van der Waals surface area contributed by atoms with Gasteiger partial charge in [0.1, 0.15) is 5.75 Å². The Hall–Kier alpha value is -2.07. The zero-order valence-electron chi connectivity index (χ0n) is 13.0. The maximum absolute atomic E-state index is 10.7. The minimum atomic E-state index is -0.712. The van der Waals surface area contributed by atoms with E-state index in [0.29, 0.717) is 11.3 Å². The van der Waals surface area contributed by atoms with E-state index in [-0.39, 0.29) is 11.7 Å². The molecule has 23 heavy (non-hydrogen) atoms. The van der Waals surface area contributed by atoms with Gasteiger partial charge < -0.3 is 20.1 Å². The number of thiocarbonyl (C=S) groups is 1. The number of amides is 1. The van der Waals surface area contributed by atoms with Crippen LogP contribution in [0.4, 0.5) is 4.79 Å².